The highest BCUT2D eigenvalue weighted by molar-refractivity contribution is 5.68. The fourth-order valence-corrected chi connectivity index (χ4v) is 1.46. The lowest BCUT2D eigenvalue weighted by atomic mass is 10.1. The summed E-state index contributed by atoms with van der Waals surface area (Å²) >= 11 is 0. The quantitative estimate of drug-likeness (QED) is 0.638. The predicted molar refractivity (Wildman–Crippen MR) is 76.7 cm³/mol. The van der Waals surface area contributed by atoms with Crippen LogP contribution in [-0.4, -0.2) is 29.7 Å². The summed E-state index contributed by atoms with van der Waals surface area (Å²) in [6.45, 7) is 16.4. The molecule has 0 heterocycles. The molecule has 0 fully saturated rings. The summed E-state index contributed by atoms with van der Waals surface area (Å²) in [6, 6.07) is 0. The Morgan fingerprint density at radius 2 is 2.00 bits per heavy atom. The molecular weight excluding hydrogens is 226 g/mol. The van der Waals surface area contributed by atoms with Crippen LogP contribution in [0.3, 0.4) is 0 Å². The summed E-state index contributed by atoms with van der Waals surface area (Å²) in [5, 5.41) is 0. The van der Waals surface area contributed by atoms with E-state index < -0.39 is 5.60 Å². The highest BCUT2D eigenvalue weighted by Gasteiger charge is 2.21. The second-order valence-corrected chi connectivity index (χ2v) is 5.50. The van der Waals surface area contributed by atoms with E-state index in [0.29, 0.717) is 13.1 Å². The van der Waals surface area contributed by atoms with Crippen molar-refractivity contribution in [2.75, 3.05) is 13.1 Å². The van der Waals surface area contributed by atoms with Crippen molar-refractivity contribution in [1.82, 2.24) is 4.90 Å². The summed E-state index contributed by atoms with van der Waals surface area (Å²) in [6.07, 6.45) is 4.59. The van der Waals surface area contributed by atoms with E-state index in [1.807, 2.05) is 20.8 Å². The van der Waals surface area contributed by atoms with E-state index in [1.165, 1.54) is 0 Å². The molecule has 0 unspecified atom stereocenters. The van der Waals surface area contributed by atoms with Crippen molar-refractivity contribution in [3.8, 4) is 0 Å². The van der Waals surface area contributed by atoms with Gasteiger partial charge >= 0.3 is 6.09 Å². The average molecular weight is 253 g/mol. The van der Waals surface area contributed by atoms with Gasteiger partial charge in [0.2, 0.25) is 0 Å². The average Bonchev–Trinajstić information content (AvgIpc) is 2.23. The Morgan fingerprint density at radius 3 is 2.44 bits per heavy atom. The number of hydrogen-bond donors (Lipinski definition) is 0. The van der Waals surface area contributed by atoms with Crippen LogP contribution in [0.1, 0.15) is 47.0 Å². The Balaban J connectivity index is 4.41. The lowest BCUT2D eigenvalue weighted by molar-refractivity contribution is 0.0287. The zero-order valence-electron chi connectivity index (χ0n) is 12.3. The molecule has 0 rings (SSSR count). The largest absolute Gasteiger partial charge is 0.444 e. The highest BCUT2D eigenvalue weighted by Crippen LogP contribution is 2.13. The van der Waals surface area contributed by atoms with Crippen molar-refractivity contribution >= 4 is 6.09 Å². The zero-order chi connectivity index (χ0) is 14.2. The third kappa shape index (κ3) is 7.93. The summed E-state index contributed by atoms with van der Waals surface area (Å²) in [7, 11) is 0. The molecule has 18 heavy (non-hydrogen) atoms. The van der Waals surface area contributed by atoms with Crippen LogP contribution < -0.4 is 0 Å². The van der Waals surface area contributed by atoms with Crippen LogP contribution in [-0.2, 0) is 4.74 Å². The summed E-state index contributed by atoms with van der Waals surface area (Å²) < 4.78 is 5.36. The SMILES string of the molecule is C=CCN(CC(=C)CCCC)C(=O)OC(C)(C)C. The molecule has 0 radical (unpaired) electrons. The van der Waals surface area contributed by atoms with Crippen molar-refractivity contribution in [1.29, 1.82) is 0 Å². The van der Waals surface area contributed by atoms with Gasteiger partial charge in [-0.15, -0.1) is 6.58 Å². The fraction of sp³-hybridized carbons (Fsp3) is 0.667. The summed E-state index contributed by atoms with van der Waals surface area (Å²) in [4.78, 5) is 13.6. The molecule has 0 saturated carbocycles. The molecule has 0 aromatic carbocycles. The molecule has 0 N–H and O–H groups in total. The number of carbonyl (C=O) groups excluding carboxylic acids is 1. The van der Waals surface area contributed by atoms with Crippen LogP contribution in [0.25, 0.3) is 0 Å². The molecule has 0 atom stereocenters. The van der Waals surface area contributed by atoms with Crippen molar-refractivity contribution in [2.24, 2.45) is 0 Å². The number of nitrogens with zero attached hydrogens (tertiary/aromatic N) is 1. The first-order valence-corrected chi connectivity index (χ1v) is 6.55. The third-order valence-corrected chi connectivity index (χ3v) is 2.30. The molecule has 0 saturated heterocycles. The third-order valence-electron chi connectivity index (χ3n) is 2.30. The van der Waals surface area contributed by atoms with Crippen molar-refractivity contribution in [3.05, 3.63) is 24.8 Å². The molecule has 0 aromatic rings. The number of rotatable bonds is 7. The number of unbranched alkanes of at least 4 members (excludes halogenated alkanes) is 1. The first-order chi connectivity index (χ1) is 8.30. The molecule has 0 bridgehead atoms. The van der Waals surface area contributed by atoms with E-state index in [0.717, 1.165) is 24.8 Å². The zero-order valence-corrected chi connectivity index (χ0v) is 12.3. The van der Waals surface area contributed by atoms with Gasteiger partial charge in [-0.3, -0.25) is 0 Å². The molecule has 1 amide bonds. The molecule has 0 aliphatic carbocycles. The maximum Gasteiger partial charge on any atom is 0.410 e. The van der Waals surface area contributed by atoms with E-state index in [1.54, 1.807) is 11.0 Å². The van der Waals surface area contributed by atoms with Crippen LogP contribution in [0, 0.1) is 0 Å². The van der Waals surface area contributed by atoms with Gasteiger partial charge in [-0.1, -0.05) is 31.6 Å². The van der Waals surface area contributed by atoms with Crippen LogP contribution in [0.4, 0.5) is 4.79 Å². The van der Waals surface area contributed by atoms with Gasteiger partial charge in [0.25, 0.3) is 0 Å². The Labute approximate surface area is 112 Å². The smallest absolute Gasteiger partial charge is 0.410 e. The minimum atomic E-state index is -0.471. The van der Waals surface area contributed by atoms with Gasteiger partial charge in [0.15, 0.2) is 0 Å². The first-order valence-electron chi connectivity index (χ1n) is 6.55. The Kier molecular flexibility index (Phi) is 7.41. The molecule has 0 aliphatic rings. The maximum absolute atomic E-state index is 12.0. The minimum Gasteiger partial charge on any atom is -0.444 e. The van der Waals surface area contributed by atoms with E-state index in [4.69, 9.17) is 4.74 Å². The molecule has 3 heteroatoms. The van der Waals surface area contributed by atoms with Gasteiger partial charge in [0.05, 0.1) is 0 Å². The second kappa shape index (κ2) is 7.96. The monoisotopic (exact) mass is 253 g/mol. The van der Waals surface area contributed by atoms with Gasteiger partial charge in [-0.05, 0) is 33.6 Å². The van der Waals surface area contributed by atoms with Crippen LogP contribution in [0.15, 0.2) is 24.8 Å². The van der Waals surface area contributed by atoms with Gasteiger partial charge in [0.1, 0.15) is 5.60 Å². The number of carbonyl (C=O) groups is 1. The lowest BCUT2D eigenvalue weighted by Gasteiger charge is -2.27. The first kappa shape index (κ1) is 16.8. The Hall–Kier alpha value is -1.25. The number of ether oxygens (including phenoxy) is 1. The van der Waals surface area contributed by atoms with E-state index in [9.17, 15) is 4.79 Å². The Morgan fingerprint density at radius 1 is 1.39 bits per heavy atom. The molecule has 0 aromatic heterocycles. The summed E-state index contributed by atoms with van der Waals surface area (Å²) in [5.41, 5.74) is 0.589. The second-order valence-electron chi connectivity index (χ2n) is 5.50. The van der Waals surface area contributed by atoms with Gasteiger partial charge in [-0.25, -0.2) is 4.79 Å². The molecule has 3 nitrogen and oxygen atoms in total. The Bertz CT molecular complexity index is 289. The molecular formula is C15H27NO2. The number of amides is 1. The van der Waals surface area contributed by atoms with Crippen LogP contribution in [0.5, 0.6) is 0 Å². The minimum absolute atomic E-state index is 0.306. The molecule has 0 aliphatic heterocycles. The van der Waals surface area contributed by atoms with Gasteiger partial charge in [0, 0.05) is 13.1 Å². The predicted octanol–water partition coefficient (Wildman–Crippen LogP) is 4.16. The topological polar surface area (TPSA) is 29.5 Å². The molecule has 0 spiro atoms. The van der Waals surface area contributed by atoms with Crippen LogP contribution in [0.2, 0.25) is 0 Å². The normalized spacial score (nSPS) is 10.9. The molecule has 104 valence electrons. The van der Waals surface area contributed by atoms with Gasteiger partial charge in [-0.2, -0.15) is 0 Å². The van der Waals surface area contributed by atoms with E-state index in [-0.39, 0.29) is 6.09 Å². The van der Waals surface area contributed by atoms with Crippen LogP contribution >= 0.6 is 0 Å². The van der Waals surface area contributed by atoms with Gasteiger partial charge < -0.3 is 9.64 Å². The van der Waals surface area contributed by atoms with E-state index in [2.05, 4.69) is 20.1 Å². The van der Waals surface area contributed by atoms with Crippen molar-refractivity contribution < 1.29 is 9.53 Å². The fourth-order valence-electron chi connectivity index (χ4n) is 1.46. The standard InChI is InChI=1S/C15H27NO2/c1-7-9-10-13(3)12-16(11-8-2)14(17)18-15(4,5)6/h8H,2-3,7,9-12H2,1,4-6H3. The van der Waals surface area contributed by atoms with Crippen molar-refractivity contribution in [2.45, 2.75) is 52.6 Å². The number of hydrogen-bond acceptors (Lipinski definition) is 2. The maximum atomic E-state index is 12.0. The van der Waals surface area contributed by atoms with Crippen molar-refractivity contribution in [3.63, 3.8) is 0 Å². The highest BCUT2D eigenvalue weighted by atomic mass is 16.6. The summed E-state index contributed by atoms with van der Waals surface area (Å²) in [5.74, 6) is 0. The lowest BCUT2D eigenvalue weighted by Crippen LogP contribution is -2.38. The van der Waals surface area contributed by atoms with E-state index >= 15 is 0 Å².